The first-order valence-electron chi connectivity index (χ1n) is 13.9. The van der Waals surface area contributed by atoms with Crippen LogP contribution in [0.4, 0.5) is 17.1 Å². The van der Waals surface area contributed by atoms with Crippen molar-refractivity contribution in [2.75, 3.05) is 56.7 Å². The number of piperidine rings is 1. The van der Waals surface area contributed by atoms with Gasteiger partial charge in [0.2, 0.25) is 0 Å². The van der Waals surface area contributed by atoms with Gasteiger partial charge in [0.25, 0.3) is 5.56 Å². The summed E-state index contributed by atoms with van der Waals surface area (Å²) in [6.07, 6.45) is 5.89. The lowest BCUT2D eigenvalue weighted by molar-refractivity contribution is 0.150. The van der Waals surface area contributed by atoms with Gasteiger partial charge in [0.1, 0.15) is 5.75 Å². The number of aryl methyl sites for hydroxylation is 2. The molecule has 1 unspecified atom stereocenters. The molecule has 0 amide bonds. The monoisotopic (exact) mass is 537 g/mol. The average molecular weight is 538 g/mol. The fourth-order valence-corrected chi connectivity index (χ4v) is 6.17. The van der Waals surface area contributed by atoms with Crippen LogP contribution >= 0.6 is 0 Å². The van der Waals surface area contributed by atoms with Gasteiger partial charge in [0.15, 0.2) is 0 Å². The van der Waals surface area contributed by atoms with Gasteiger partial charge in [-0.15, -0.1) is 0 Å². The molecule has 2 aliphatic heterocycles. The number of hydrogen-bond acceptors (Lipinski definition) is 7. The fourth-order valence-electron chi connectivity index (χ4n) is 6.17. The van der Waals surface area contributed by atoms with Gasteiger partial charge < -0.3 is 24.0 Å². The van der Waals surface area contributed by atoms with E-state index >= 15 is 0 Å². The highest BCUT2D eigenvalue weighted by Crippen LogP contribution is 2.44. The minimum Gasteiger partial charge on any atom is -0.493 e. The largest absolute Gasteiger partial charge is 0.493 e. The third-order valence-electron chi connectivity index (χ3n) is 8.38. The van der Waals surface area contributed by atoms with Crippen LogP contribution in [0, 0.1) is 24.2 Å². The number of likely N-dealkylation sites (tertiary alicyclic amines) is 1. The number of aromatic amines is 1. The number of rotatable bonds is 5. The summed E-state index contributed by atoms with van der Waals surface area (Å²) in [6, 6.07) is 12.5. The van der Waals surface area contributed by atoms with Crippen LogP contribution in [0.15, 0.2) is 47.5 Å². The second-order valence-corrected chi connectivity index (χ2v) is 11.2. The first-order chi connectivity index (χ1) is 19.3. The third-order valence-corrected chi connectivity index (χ3v) is 8.38. The predicted molar refractivity (Wildman–Crippen MR) is 159 cm³/mol. The van der Waals surface area contributed by atoms with Crippen LogP contribution < -0.4 is 20.1 Å². The Hall–Kier alpha value is -4.29. The molecule has 2 aromatic carbocycles. The van der Waals surface area contributed by atoms with Gasteiger partial charge in [-0.1, -0.05) is 0 Å². The standard InChI is InChI=1S/C31H35N7O2/c1-20-10-26-27(37(4)31(20)39)12-24(40-19-21-6-5-7-35(2)18-21)13-28(26)38-9-8-36(3)29-14-25(23-16-33-34-17-23)22(15-32)11-30(29)38/h10-14,16-17,21H,5-9,18-19H2,1-4H3,(H,33,34). The van der Waals surface area contributed by atoms with E-state index in [9.17, 15) is 10.1 Å². The van der Waals surface area contributed by atoms with Gasteiger partial charge in [0.05, 0.1) is 47.0 Å². The van der Waals surface area contributed by atoms with Crippen LogP contribution in [0.5, 0.6) is 5.75 Å². The van der Waals surface area contributed by atoms with Crippen molar-refractivity contribution in [3.05, 3.63) is 64.2 Å². The average Bonchev–Trinajstić information content (AvgIpc) is 3.50. The zero-order valence-electron chi connectivity index (χ0n) is 23.6. The molecule has 0 bridgehead atoms. The normalized spacial score (nSPS) is 17.6. The summed E-state index contributed by atoms with van der Waals surface area (Å²) in [5.74, 6) is 1.23. The summed E-state index contributed by atoms with van der Waals surface area (Å²) < 4.78 is 8.16. The number of nitrogens with one attached hydrogen (secondary N) is 1. The maximum absolute atomic E-state index is 13.0. The molecule has 9 heteroatoms. The molecule has 2 aliphatic rings. The number of benzene rings is 2. The summed E-state index contributed by atoms with van der Waals surface area (Å²) in [4.78, 5) is 19.8. The Morgan fingerprint density at radius 3 is 2.67 bits per heavy atom. The summed E-state index contributed by atoms with van der Waals surface area (Å²) in [7, 11) is 6.06. The molecule has 1 N–H and O–H groups in total. The van der Waals surface area contributed by atoms with Crippen LogP contribution in [-0.2, 0) is 7.05 Å². The lowest BCUT2D eigenvalue weighted by Gasteiger charge is -2.38. The molecule has 0 aliphatic carbocycles. The minimum atomic E-state index is -0.0141. The molecule has 1 atom stereocenters. The highest BCUT2D eigenvalue weighted by molar-refractivity contribution is 5.98. The minimum absolute atomic E-state index is 0.0141. The number of likely N-dealkylation sites (N-methyl/N-ethyl adjacent to an activating group) is 1. The molecule has 4 heterocycles. The predicted octanol–water partition coefficient (Wildman–Crippen LogP) is 4.42. The van der Waals surface area contributed by atoms with Crippen molar-refractivity contribution >= 4 is 28.0 Å². The maximum atomic E-state index is 13.0. The Bertz CT molecular complexity index is 1670. The highest BCUT2D eigenvalue weighted by atomic mass is 16.5. The number of ether oxygens (including phenoxy) is 1. The van der Waals surface area contributed by atoms with Gasteiger partial charge in [-0.3, -0.25) is 9.89 Å². The van der Waals surface area contributed by atoms with E-state index in [1.165, 1.54) is 6.42 Å². The highest BCUT2D eigenvalue weighted by Gasteiger charge is 2.27. The number of hydrogen-bond donors (Lipinski definition) is 1. The van der Waals surface area contributed by atoms with Crippen molar-refractivity contribution in [2.45, 2.75) is 19.8 Å². The lowest BCUT2D eigenvalue weighted by Crippen LogP contribution is -2.37. The van der Waals surface area contributed by atoms with E-state index in [2.05, 4.69) is 57.2 Å². The van der Waals surface area contributed by atoms with E-state index in [-0.39, 0.29) is 5.56 Å². The molecule has 40 heavy (non-hydrogen) atoms. The molecule has 1 saturated heterocycles. The molecular weight excluding hydrogens is 502 g/mol. The Morgan fingerprint density at radius 2 is 1.93 bits per heavy atom. The van der Waals surface area contributed by atoms with Crippen molar-refractivity contribution < 1.29 is 4.74 Å². The van der Waals surface area contributed by atoms with Gasteiger partial charge in [-0.2, -0.15) is 10.4 Å². The summed E-state index contributed by atoms with van der Waals surface area (Å²) in [5, 5.41) is 18.0. The molecule has 4 aromatic rings. The molecule has 2 aromatic heterocycles. The van der Waals surface area contributed by atoms with Crippen LogP contribution in [0.1, 0.15) is 24.0 Å². The zero-order chi connectivity index (χ0) is 28.0. The van der Waals surface area contributed by atoms with Crippen molar-refractivity contribution in [3.63, 3.8) is 0 Å². The number of aromatic nitrogens is 3. The van der Waals surface area contributed by atoms with Gasteiger partial charge in [-0.05, 0) is 51.6 Å². The quantitative estimate of drug-likeness (QED) is 0.403. The van der Waals surface area contributed by atoms with E-state index in [0.29, 0.717) is 23.7 Å². The van der Waals surface area contributed by atoms with E-state index < -0.39 is 0 Å². The van der Waals surface area contributed by atoms with Gasteiger partial charge >= 0.3 is 0 Å². The Kier molecular flexibility index (Phi) is 6.72. The Balaban J connectivity index is 1.48. The number of nitrogens with zero attached hydrogens (tertiary/aromatic N) is 6. The topological polar surface area (TPSA) is 93.4 Å². The molecular formula is C31H35N7O2. The third kappa shape index (κ3) is 4.58. The van der Waals surface area contributed by atoms with Crippen molar-refractivity contribution in [1.29, 1.82) is 5.26 Å². The van der Waals surface area contributed by atoms with Crippen molar-refractivity contribution in [2.24, 2.45) is 13.0 Å². The number of fused-ring (bicyclic) bond motifs is 2. The van der Waals surface area contributed by atoms with E-state index in [4.69, 9.17) is 4.74 Å². The summed E-state index contributed by atoms with van der Waals surface area (Å²) >= 11 is 0. The summed E-state index contributed by atoms with van der Waals surface area (Å²) in [6.45, 7) is 6.19. The van der Waals surface area contributed by atoms with E-state index in [0.717, 1.165) is 77.4 Å². The van der Waals surface area contributed by atoms with E-state index in [1.807, 2.05) is 38.4 Å². The maximum Gasteiger partial charge on any atom is 0.253 e. The van der Waals surface area contributed by atoms with Crippen LogP contribution in [0.2, 0.25) is 0 Å². The number of anilines is 3. The second kappa shape index (κ2) is 10.4. The Labute approximate surface area is 234 Å². The smallest absolute Gasteiger partial charge is 0.253 e. The molecule has 9 nitrogen and oxygen atoms in total. The molecule has 0 saturated carbocycles. The number of pyridine rings is 1. The second-order valence-electron chi connectivity index (χ2n) is 11.2. The number of nitriles is 1. The summed E-state index contributed by atoms with van der Waals surface area (Å²) in [5.41, 5.74) is 6.79. The lowest BCUT2D eigenvalue weighted by atomic mass is 9.98. The molecule has 1 fully saturated rings. The fraction of sp³-hybridized carbons (Fsp3) is 0.387. The van der Waals surface area contributed by atoms with Crippen molar-refractivity contribution in [3.8, 4) is 22.9 Å². The first kappa shape index (κ1) is 26.0. The molecule has 206 valence electrons. The van der Waals surface area contributed by atoms with E-state index in [1.54, 1.807) is 10.8 Å². The van der Waals surface area contributed by atoms with Gasteiger partial charge in [-0.25, -0.2) is 0 Å². The molecule has 6 rings (SSSR count). The van der Waals surface area contributed by atoms with Crippen LogP contribution in [-0.4, -0.2) is 66.5 Å². The van der Waals surface area contributed by atoms with Gasteiger partial charge in [0, 0.05) is 80.1 Å². The number of H-pyrrole nitrogens is 1. The van der Waals surface area contributed by atoms with Crippen LogP contribution in [0.25, 0.3) is 22.0 Å². The zero-order valence-corrected chi connectivity index (χ0v) is 23.6. The van der Waals surface area contributed by atoms with Crippen LogP contribution in [0.3, 0.4) is 0 Å². The SMILES string of the molecule is Cc1cc2c(N3CCN(C)c4cc(-c5cn[nH]c5)c(C#N)cc43)cc(OCC3CCCN(C)C3)cc2n(C)c1=O. The first-order valence-corrected chi connectivity index (χ1v) is 13.9. The van der Waals surface area contributed by atoms with Crippen molar-refractivity contribution in [1.82, 2.24) is 19.7 Å². The Morgan fingerprint density at radius 1 is 1.07 bits per heavy atom. The molecule has 0 spiro atoms. The molecule has 0 radical (unpaired) electrons.